The highest BCUT2D eigenvalue weighted by molar-refractivity contribution is 7.26. The highest BCUT2D eigenvalue weighted by Crippen LogP contribution is 2.44. The SMILES string of the molecule is c1ccc(-c2ccc(-c3nc(-c4cc5sc6cc7ccccc7cc6c5cc4-n4c5ccccc5c5cc6ccccc6cc54)nc(-c4cccc5c4oc4ccccc45)n3)cc2)cc1. The molecule has 0 spiro atoms. The van der Waals surface area contributed by atoms with Crippen molar-refractivity contribution in [2.45, 2.75) is 0 Å². The van der Waals surface area contributed by atoms with Crippen molar-refractivity contribution in [3.05, 3.63) is 206 Å². The van der Waals surface area contributed by atoms with E-state index in [1.54, 1.807) is 0 Å². The van der Waals surface area contributed by atoms with Crippen LogP contribution in [0.1, 0.15) is 0 Å². The van der Waals surface area contributed by atoms with Gasteiger partial charge in [0.2, 0.25) is 0 Å². The van der Waals surface area contributed by atoms with E-state index in [-0.39, 0.29) is 0 Å². The van der Waals surface area contributed by atoms with Gasteiger partial charge in [-0.3, -0.25) is 0 Å². The Hall–Kier alpha value is -8.45. The number of hydrogen-bond donors (Lipinski definition) is 0. The fourth-order valence-electron chi connectivity index (χ4n) is 9.89. The van der Waals surface area contributed by atoms with Crippen LogP contribution in [0.3, 0.4) is 0 Å². The maximum Gasteiger partial charge on any atom is 0.167 e. The highest BCUT2D eigenvalue weighted by Gasteiger charge is 2.23. The molecule has 6 heteroatoms. The summed E-state index contributed by atoms with van der Waals surface area (Å²) >= 11 is 1.81. The molecule has 302 valence electrons. The van der Waals surface area contributed by atoms with Gasteiger partial charge >= 0.3 is 0 Å². The van der Waals surface area contributed by atoms with Crippen LogP contribution in [0.15, 0.2) is 211 Å². The molecule has 14 rings (SSSR count). The van der Waals surface area contributed by atoms with E-state index in [1.807, 2.05) is 35.6 Å². The summed E-state index contributed by atoms with van der Waals surface area (Å²) in [7, 11) is 0. The molecule has 14 aromatic rings. The van der Waals surface area contributed by atoms with E-state index in [4.69, 9.17) is 19.4 Å². The lowest BCUT2D eigenvalue weighted by molar-refractivity contribution is 0.669. The maximum atomic E-state index is 6.63. The van der Waals surface area contributed by atoms with Crippen LogP contribution < -0.4 is 0 Å². The summed E-state index contributed by atoms with van der Waals surface area (Å²) < 4.78 is 11.5. The van der Waals surface area contributed by atoms with Crippen LogP contribution in [0.4, 0.5) is 0 Å². The van der Waals surface area contributed by atoms with E-state index < -0.39 is 0 Å². The molecule has 4 aromatic heterocycles. The summed E-state index contributed by atoms with van der Waals surface area (Å²) in [4.78, 5) is 16.2. The van der Waals surface area contributed by atoms with Crippen LogP contribution in [0.25, 0.3) is 136 Å². The number of para-hydroxylation sites is 3. The molecule has 0 N–H and O–H groups in total. The molecule has 0 bridgehead atoms. The minimum Gasteiger partial charge on any atom is -0.455 e. The van der Waals surface area contributed by atoms with Crippen molar-refractivity contribution in [2.24, 2.45) is 0 Å². The first-order valence-corrected chi connectivity index (χ1v) is 22.6. The van der Waals surface area contributed by atoms with Crippen molar-refractivity contribution in [1.29, 1.82) is 0 Å². The van der Waals surface area contributed by atoms with Crippen LogP contribution in [0.5, 0.6) is 0 Å². The molecule has 0 unspecified atom stereocenters. The summed E-state index contributed by atoms with van der Waals surface area (Å²) in [5.41, 5.74) is 9.69. The topological polar surface area (TPSA) is 56.7 Å². The summed E-state index contributed by atoms with van der Waals surface area (Å²) in [5.74, 6) is 1.71. The second-order valence-corrected chi connectivity index (χ2v) is 17.8. The second-order valence-electron chi connectivity index (χ2n) is 16.8. The smallest absolute Gasteiger partial charge is 0.167 e. The van der Waals surface area contributed by atoms with E-state index in [2.05, 4.69) is 187 Å². The zero-order chi connectivity index (χ0) is 42.6. The number of fused-ring (bicyclic) bond motifs is 11. The van der Waals surface area contributed by atoms with E-state index >= 15 is 0 Å². The van der Waals surface area contributed by atoms with Crippen LogP contribution in [-0.2, 0) is 0 Å². The van der Waals surface area contributed by atoms with Crippen LogP contribution in [-0.4, -0.2) is 19.5 Å². The Morgan fingerprint density at radius 1 is 0.354 bits per heavy atom. The van der Waals surface area contributed by atoms with E-state index in [9.17, 15) is 0 Å². The number of benzene rings is 10. The molecule has 0 fully saturated rings. The monoisotopic (exact) mass is 846 g/mol. The Labute approximate surface area is 376 Å². The summed E-state index contributed by atoms with van der Waals surface area (Å²) in [6.45, 7) is 0. The largest absolute Gasteiger partial charge is 0.455 e. The molecule has 4 heterocycles. The number of nitrogens with zero attached hydrogens (tertiary/aromatic N) is 4. The standard InChI is InChI=1S/C59H34N4OS/c1-2-13-35(14-3-1)36-25-27-37(28-26-36)57-60-58(45-22-12-21-44-43-20-9-11-24-53(43)64-56(44)45)62-59(61-57)49-34-55-48(47-30-39-16-5-7-18-41(39)32-54(47)65-55)33-52(49)63-50-23-10-8-19-42(50)46-29-38-15-4-6-17-40(38)31-51(46)63/h1-34H. The molecule has 0 radical (unpaired) electrons. The number of aromatic nitrogens is 4. The average molecular weight is 847 g/mol. The Kier molecular flexibility index (Phi) is 7.79. The van der Waals surface area contributed by atoms with Gasteiger partial charge in [-0.1, -0.05) is 152 Å². The number of thiophene rings is 1. The van der Waals surface area contributed by atoms with E-state index in [0.29, 0.717) is 17.5 Å². The molecule has 0 aliphatic rings. The molecule has 0 aliphatic heterocycles. The Balaban J connectivity index is 1.09. The van der Waals surface area contributed by atoms with Crippen molar-refractivity contribution in [3.8, 4) is 51.0 Å². The van der Waals surface area contributed by atoms with Gasteiger partial charge in [0.15, 0.2) is 17.5 Å². The lowest BCUT2D eigenvalue weighted by Crippen LogP contribution is -2.04. The van der Waals surface area contributed by atoms with E-state index in [1.165, 1.54) is 47.8 Å². The van der Waals surface area contributed by atoms with Crippen molar-refractivity contribution >= 4 is 96.8 Å². The minimum atomic E-state index is 0.545. The van der Waals surface area contributed by atoms with Crippen LogP contribution in [0, 0.1) is 0 Å². The first-order chi connectivity index (χ1) is 32.2. The van der Waals surface area contributed by atoms with Gasteiger partial charge in [0.05, 0.1) is 22.3 Å². The number of furan rings is 1. The summed E-state index contributed by atoms with van der Waals surface area (Å²) in [6.07, 6.45) is 0. The first kappa shape index (κ1) is 36.1. The lowest BCUT2D eigenvalue weighted by Gasteiger charge is -2.16. The third kappa shape index (κ3) is 5.67. The Bertz CT molecular complexity index is 4240. The molecule has 5 nitrogen and oxygen atoms in total. The van der Waals surface area contributed by atoms with Crippen molar-refractivity contribution in [1.82, 2.24) is 19.5 Å². The molecule has 0 amide bonds. The minimum absolute atomic E-state index is 0.545. The molecule has 0 aliphatic carbocycles. The zero-order valence-corrected chi connectivity index (χ0v) is 35.6. The summed E-state index contributed by atoms with van der Waals surface area (Å²) in [5, 5.41) is 11.7. The fourth-order valence-corrected chi connectivity index (χ4v) is 11.0. The predicted molar refractivity (Wildman–Crippen MR) is 271 cm³/mol. The molecule has 0 atom stereocenters. The lowest BCUT2D eigenvalue weighted by atomic mass is 10.0. The van der Waals surface area contributed by atoms with Gasteiger partial charge in [-0.25, -0.2) is 15.0 Å². The van der Waals surface area contributed by atoms with Gasteiger partial charge in [0.25, 0.3) is 0 Å². The van der Waals surface area contributed by atoms with Crippen LogP contribution >= 0.6 is 11.3 Å². The predicted octanol–water partition coefficient (Wildman–Crippen LogP) is 16.2. The van der Waals surface area contributed by atoms with Gasteiger partial charge in [0.1, 0.15) is 11.2 Å². The quantitative estimate of drug-likeness (QED) is 0.173. The van der Waals surface area contributed by atoms with Crippen LogP contribution in [0.2, 0.25) is 0 Å². The molecular formula is C59H34N4OS. The van der Waals surface area contributed by atoms with Gasteiger partial charge in [-0.2, -0.15) is 0 Å². The third-order valence-electron chi connectivity index (χ3n) is 13.0. The van der Waals surface area contributed by atoms with Gasteiger partial charge in [-0.15, -0.1) is 11.3 Å². The van der Waals surface area contributed by atoms with Gasteiger partial charge in [-0.05, 0) is 87.3 Å². The number of hydrogen-bond acceptors (Lipinski definition) is 5. The number of rotatable bonds is 5. The highest BCUT2D eigenvalue weighted by atomic mass is 32.1. The molecule has 10 aromatic carbocycles. The van der Waals surface area contributed by atoms with Crippen molar-refractivity contribution < 1.29 is 4.42 Å². The third-order valence-corrected chi connectivity index (χ3v) is 14.1. The van der Waals surface area contributed by atoms with Crippen molar-refractivity contribution in [2.75, 3.05) is 0 Å². The normalized spacial score (nSPS) is 12.0. The molecule has 65 heavy (non-hydrogen) atoms. The Morgan fingerprint density at radius 2 is 0.923 bits per heavy atom. The summed E-state index contributed by atoms with van der Waals surface area (Å²) in [6, 6.07) is 73.4. The maximum absolute atomic E-state index is 6.63. The fraction of sp³-hybridized carbons (Fsp3) is 0. The van der Waals surface area contributed by atoms with Crippen molar-refractivity contribution in [3.63, 3.8) is 0 Å². The van der Waals surface area contributed by atoms with E-state index in [0.717, 1.165) is 71.2 Å². The molecular weight excluding hydrogens is 813 g/mol. The average Bonchev–Trinajstić information content (AvgIpc) is 4.03. The molecule has 0 saturated heterocycles. The molecule has 0 saturated carbocycles. The van der Waals surface area contributed by atoms with Gasteiger partial charge < -0.3 is 8.98 Å². The Morgan fingerprint density at radius 3 is 1.72 bits per heavy atom. The second kappa shape index (κ2) is 14.0. The zero-order valence-electron chi connectivity index (χ0n) is 34.7. The first-order valence-electron chi connectivity index (χ1n) is 21.8. The van der Waals surface area contributed by atoms with Gasteiger partial charge in [0, 0.05) is 52.8 Å².